The van der Waals surface area contributed by atoms with E-state index in [1.807, 2.05) is 18.2 Å². The number of carbonyl (C=O) groups excluding carboxylic acids is 1. The molecule has 0 atom stereocenters. The van der Waals surface area contributed by atoms with Crippen LogP contribution in [0.3, 0.4) is 0 Å². The van der Waals surface area contributed by atoms with Crippen LogP contribution in [-0.4, -0.2) is 15.8 Å². The van der Waals surface area contributed by atoms with Crippen molar-refractivity contribution in [3.05, 3.63) is 47.7 Å². The SMILES string of the molecule is O=C(Nc1ccccc1)n1cc(Cl)cn1. The second-order valence-electron chi connectivity index (χ2n) is 2.90. The van der Waals surface area contributed by atoms with Crippen LogP contribution in [0.1, 0.15) is 0 Å². The molecule has 0 spiro atoms. The van der Waals surface area contributed by atoms with Crippen LogP contribution < -0.4 is 5.32 Å². The van der Waals surface area contributed by atoms with Gasteiger partial charge in [0, 0.05) is 5.69 Å². The second kappa shape index (κ2) is 4.14. The van der Waals surface area contributed by atoms with Gasteiger partial charge in [0.05, 0.1) is 17.4 Å². The Bertz CT molecular complexity index is 467. The lowest BCUT2D eigenvalue weighted by Crippen LogP contribution is -2.19. The van der Waals surface area contributed by atoms with Gasteiger partial charge in [-0.25, -0.2) is 4.79 Å². The first kappa shape index (κ1) is 9.73. The van der Waals surface area contributed by atoms with Crippen molar-refractivity contribution in [3.63, 3.8) is 0 Å². The highest BCUT2D eigenvalue weighted by atomic mass is 35.5. The molecule has 0 fully saturated rings. The molecule has 0 saturated heterocycles. The van der Waals surface area contributed by atoms with Gasteiger partial charge in [-0.3, -0.25) is 0 Å². The van der Waals surface area contributed by atoms with E-state index in [4.69, 9.17) is 11.6 Å². The third-order valence-electron chi connectivity index (χ3n) is 1.78. The van der Waals surface area contributed by atoms with Crippen LogP contribution in [0.2, 0.25) is 5.02 Å². The van der Waals surface area contributed by atoms with Crippen LogP contribution in [0.5, 0.6) is 0 Å². The standard InChI is InChI=1S/C10H8ClN3O/c11-8-6-12-14(7-8)10(15)13-9-4-2-1-3-5-9/h1-7H,(H,13,15). The van der Waals surface area contributed by atoms with Crippen molar-refractivity contribution in [2.24, 2.45) is 0 Å². The molecule has 0 aliphatic carbocycles. The maximum Gasteiger partial charge on any atom is 0.346 e. The van der Waals surface area contributed by atoms with E-state index < -0.39 is 0 Å². The topological polar surface area (TPSA) is 46.9 Å². The molecule has 1 amide bonds. The summed E-state index contributed by atoms with van der Waals surface area (Å²) in [6.07, 6.45) is 2.85. The average molecular weight is 222 g/mol. The van der Waals surface area contributed by atoms with E-state index in [1.165, 1.54) is 12.4 Å². The maximum absolute atomic E-state index is 11.6. The average Bonchev–Trinajstić information content (AvgIpc) is 2.66. The van der Waals surface area contributed by atoms with Crippen molar-refractivity contribution in [1.29, 1.82) is 0 Å². The molecule has 0 saturated carbocycles. The van der Waals surface area contributed by atoms with Crippen LogP contribution >= 0.6 is 11.6 Å². The minimum Gasteiger partial charge on any atom is -0.306 e. The number of aromatic nitrogens is 2. The Kier molecular flexibility index (Phi) is 2.69. The van der Waals surface area contributed by atoms with Crippen molar-refractivity contribution in [2.75, 3.05) is 5.32 Å². The Morgan fingerprint density at radius 2 is 2.07 bits per heavy atom. The van der Waals surface area contributed by atoms with E-state index in [2.05, 4.69) is 10.4 Å². The van der Waals surface area contributed by atoms with E-state index in [1.54, 1.807) is 12.1 Å². The summed E-state index contributed by atoms with van der Waals surface area (Å²) in [7, 11) is 0. The summed E-state index contributed by atoms with van der Waals surface area (Å²) < 4.78 is 1.15. The number of rotatable bonds is 1. The van der Waals surface area contributed by atoms with Crippen LogP contribution in [0.4, 0.5) is 10.5 Å². The van der Waals surface area contributed by atoms with Gasteiger partial charge in [0.2, 0.25) is 0 Å². The molecule has 2 rings (SSSR count). The third-order valence-corrected chi connectivity index (χ3v) is 1.98. The summed E-state index contributed by atoms with van der Waals surface area (Å²) in [6, 6.07) is 8.80. The molecule has 1 heterocycles. The summed E-state index contributed by atoms with van der Waals surface area (Å²) in [5.74, 6) is 0. The second-order valence-corrected chi connectivity index (χ2v) is 3.34. The van der Waals surface area contributed by atoms with Gasteiger partial charge in [-0.1, -0.05) is 29.8 Å². The van der Waals surface area contributed by atoms with E-state index >= 15 is 0 Å². The minimum atomic E-state index is -0.340. The highest BCUT2D eigenvalue weighted by Gasteiger charge is 2.05. The zero-order valence-corrected chi connectivity index (χ0v) is 8.48. The van der Waals surface area contributed by atoms with Gasteiger partial charge < -0.3 is 5.32 Å². The van der Waals surface area contributed by atoms with Gasteiger partial charge in [0.1, 0.15) is 0 Å². The van der Waals surface area contributed by atoms with Crippen LogP contribution in [0.15, 0.2) is 42.7 Å². The number of para-hydroxylation sites is 1. The first-order valence-corrected chi connectivity index (χ1v) is 4.70. The summed E-state index contributed by atoms with van der Waals surface area (Å²) in [4.78, 5) is 11.6. The lowest BCUT2D eigenvalue weighted by Gasteiger charge is -2.03. The smallest absolute Gasteiger partial charge is 0.306 e. The quantitative estimate of drug-likeness (QED) is 0.805. The summed E-state index contributed by atoms with van der Waals surface area (Å²) >= 11 is 5.64. The van der Waals surface area contributed by atoms with Crippen LogP contribution in [0.25, 0.3) is 0 Å². The predicted octanol–water partition coefficient (Wildman–Crippen LogP) is 2.62. The van der Waals surface area contributed by atoms with Crippen molar-refractivity contribution < 1.29 is 4.79 Å². The lowest BCUT2D eigenvalue weighted by molar-refractivity contribution is 0.251. The Balaban J connectivity index is 2.11. The van der Waals surface area contributed by atoms with Gasteiger partial charge >= 0.3 is 6.03 Å². The number of hydrogen-bond acceptors (Lipinski definition) is 2. The van der Waals surface area contributed by atoms with Crippen molar-refractivity contribution >= 4 is 23.3 Å². The van der Waals surface area contributed by atoms with Crippen LogP contribution in [-0.2, 0) is 0 Å². The fourth-order valence-corrected chi connectivity index (χ4v) is 1.25. The van der Waals surface area contributed by atoms with E-state index in [0.29, 0.717) is 10.7 Å². The zero-order chi connectivity index (χ0) is 10.7. The fourth-order valence-electron chi connectivity index (χ4n) is 1.11. The highest BCUT2D eigenvalue weighted by Crippen LogP contribution is 2.08. The van der Waals surface area contributed by atoms with E-state index in [9.17, 15) is 4.79 Å². The summed E-state index contributed by atoms with van der Waals surface area (Å²) in [6.45, 7) is 0. The van der Waals surface area contributed by atoms with Gasteiger partial charge in [-0.15, -0.1) is 0 Å². The monoisotopic (exact) mass is 221 g/mol. The first-order valence-electron chi connectivity index (χ1n) is 4.32. The molecule has 1 aromatic heterocycles. The number of nitrogens with zero attached hydrogens (tertiary/aromatic N) is 2. The van der Waals surface area contributed by atoms with Gasteiger partial charge in [0.15, 0.2) is 0 Å². The molecule has 0 aliphatic rings. The molecule has 15 heavy (non-hydrogen) atoms. The van der Waals surface area contributed by atoms with E-state index in [0.717, 1.165) is 4.68 Å². The molecule has 0 radical (unpaired) electrons. The number of carbonyl (C=O) groups is 1. The summed E-state index contributed by atoms with van der Waals surface area (Å²) in [5.41, 5.74) is 0.717. The zero-order valence-electron chi connectivity index (χ0n) is 7.72. The number of anilines is 1. The fraction of sp³-hybridized carbons (Fsp3) is 0. The normalized spacial score (nSPS) is 9.93. The largest absolute Gasteiger partial charge is 0.346 e. The molecular weight excluding hydrogens is 214 g/mol. The van der Waals surface area contributed by atoms with Crippen molar-refractivity contribution in [2.45, 2.75) is 0 Å². The summed E-state index contributed by atoms with van der Waals surface area (Å²) in [5, 5.41) is 6.89. The van der Waals surface area contributed by atoms with Gasteiger partial charge in [-0.2, -0.15) is 9.78 Å². The molecule has 4 nitrogen and oxygen atoms in total. The third kappa shape index (κ3) is 2.35. The molecule has 0 bridgehead atoms. The Labute approximate surface area is 91.5 Å². The lowest BCUT2D eigenvalue weighted by atomic mass is 10.3. The number of nitrogens with one attached hydrogen (secondary N) is 1. The Morgan fingerprint density at radius 3 is 2.67 bits per heavy atom. The number of benzene rings is 1. The van der Waals surface area contributed by atoms with E-state index in [-0.39, 0.29) is 6.03 Å². The van der Waals surface area contributed by atoms with Crippen LogP contribution in [0, 0.1) is 0 Å². The molecule has 0 unspecified atom stereocenters. The molecule has 1 aromatic carbocycles. The minimum absolute atomic E-state index is 0.340. The number of hydrogen-bond donors (Lipinski definition) is 1. The maximum atomic E-state index is 11.6. The van der Waals surface area contributed by atoms with Crippen molar-refractivity contribution in [1.82, 2.24) is 9.78 Å². The molecule has 5 heteroatoms. The van der Waals surface area contributed by atoms with Gasteiger partial charge in [-0.05, 0) is 12.1 Å². The molecule has 1 N–H and O–H groups in total. The molecule has 76 valence electrons. The molecule has 0 aliphatic heterocycles. The predicted molar refractivity (Wildman–Crippen MR) is 58.1 cm³/mol. The van der Waals surface area contributed by atoms with Crippen molar-refractivity contribution in [3.8, 4) is 0 Å². The van der Waals surface area contributed by atoms with Gasteiger partial charge in [0.25, 0.3) is 0 Å². The molecular formula is C10H8ClN3O. The highest BCUT2D eigenvalue weighted by molar-refractivity contribution is 6.30. The number of amides is 1. The molecule has 2 aromatic rings. The number of halogens is 1. The first-order chi connectivity index (χ1) is 7.25. The Morgan fingerprint density at radius 1 is 1.33 bits per heavy atom. The Hall–Kier alpha value is -1.81.